The van der Waals surface area contributed by atoms with E-state index < -0.39 is 17.8 Å². The number of rotatable bonds is 4. The van der Waals surface area contributed by atoms with Crippen molar-refractivity contribution in [1.82, 2.24) is 14.9 Å². The Balaban J connectivity index is 1.84. The third-order valence-electron chi connectivity index (χ3n) is 4.38. The van der Waals surface area contributed by atoms with Crippen LogP contribution < -0.4 is 10.6 Å². The normalized spacial score (nSPS) is 16.6. The van der Waals surface area contributed by atoms with E-state index >= 15 is 0 Å². The summed E-state index contributed by atoms with van der Waals surface area (Å²) in [5.41, 5.74) is 6.49. The Hall–Kier alpha value is -3.03. The molecule has 8 heteroatoms. The Labute approximate surface area is 150 Å². The number of amides is 2. The van der Waals surface area contributed by atoms with E-state index in [1.807, 2.05) is 0 Å². The minimum Gasteiger partial charge on any atom is -0.368 e. The van der Waals surface area contributed by atoms with Gasteiger partial charge in [0.05, 0.1) is 6.20 Å². The highest BCUT2D eigenvalue weighted by Gasteiger charge is 2.33. The summed E-state index contributed by atoms with van der Waals surface area (Å²) in [5.74, 6) is -0.658. The van der Waals surface area contributed by atoms with Crippen LogP contribution in [0, 0.1) is 5.82 Å². The number of carbonyl (C=O) groups excluding carboxylic acids is 2. The van der Waals surface area contributed by atoms with Gasteiger partial charge in [0.1, 0.15) is 6.04 Å². The Morgan fingerprint density at radius 1 is 1.27 bits per heavy atom. The van der Waals surface area contributed by atoms with Crippen LogP contribution in [0.3, 0.4) is 0 Å². The van der Waals surface area contributed by atoms with Crippen molar-refractivity contribution >= 4 is 17.6 Å². The highest BCUT2D eigenvalue weighted by atomic mass is 19.1. The molecule has 136 valence electrons. The Kier molecular flexibility index (Phi) is 4.83. The van der Waals surface area contributed by atoms with E-state index in [1.54, 1.807) is 43.3 Å². The molecule has 1 saturated heterocycles. The fourth-order valence-corrected chi connectivity index (χ4v) is 3.04. The van der Waals surface area contributed by atoms with Crippen LogP contribution >= 0.6 is 0 Å². The van der Waals surface area contributed by atoms with E-state index in [2.05, 4.69) is 9.97 Å². The van der Waals surface area contributed by atoms with Crippen LogP contribution in [0.5, 0.6) is 0 Å². The first kappa shape index (κ1) is 17.8. The van der Waals surface area contributed by atoms with Crippen molar-refractivity contribution in [3.8, 4) is 11.4 Å². The molecule has 2 aromatic rings. The van der Waals surface area contributed by atoms with Gasteiger partial charge >= 0.3 is 0 Å². The van der Waals surface area contributed by atoms with Crippen LogP contribution in [0.1, 0.15) is 23.2 Å². The van der Waals surface area contributed by atoms with Gasteiger partial charge in [-0.2, -0.15) is 0 Å². The molecule has 1 atom stereocenters. The molecule has 0 spiro atoms. The van der Waals surface area contributed by atoms with Gasteiger partial charge in [-0.3, -0.25) is 9.59 Å². The SMILES string of the molecule is CN(C)c1nc(-c2ccc(C(=O)N3CCC[C@H]3C(N)=O)cc2)ncc1F. The number of primary amides is 1. The van der Waals surface area contributed by atoms with Crippen LogP contribution in [0.4, 0.5) is 10.2 Å². The van der Waals surface area contributed by atoms with Crippen molar-refractivity contribution in [2.45, 2.75) is 18.9 Å². The standard InChI is InChI=1S/C18H20FN5O2/c1-23(2)17-13(19)10-21-16(22-17)11-5-7-12(8-6-11)18(26)24-9-3-4-14(24)15(20)25/h5-8,10,14H,3-4,9H2,1-2H3,(H2,20,25)/t14-/m0/s1. The molecule has 1 aromatic carbocycles. The van der Waals surface area contributed by atoms with Gasteiger partial charge in [-0.1, -0.05) is 12.1 Å². The molecule has 1 aliphatic heterocycles. The van der Waals surface area contributed by atoms with E-state index in [1.165, 1.54) is 4.90 Å². The van der Waals surface area contributed by atoms with Gasteiger partial charge in [0, 0.05) is 31.8 Å². The number of aromatic nitrogens is 2. The zero-order valence-electron chi connectivity index (χ0n) is 14.6. The number of benzene rings is 1. The van der Waals surface area contributed by atoms with E-state index in [4.69, 9.17) is 5.73 Å². The first-order valence-corrected chi connectivity index (χ1v) is 8.29. The third-order valence-corrected chi connectivity index (χ3v) is 4.38. The lowest BCUT2D eigenvalue weighted by molar-refractivity contribution is -0.121. The molecule has 0 unspecified atom stereocenters. The molecule has 2 amide bonds. The molecule has 26 heavy (non-hydrogen) atoms. The van der Waals surface area contributed by atoms with Gasteiger partial charge in [-0.05, 0) is 25.0 Å². The van der Waals surface area contributed by atoms with E-state index in [0.717, 1.165) is 12.6 Å². The van der Waals surface area contributed by atoms with Gasteiger partial charge in [0.2, 0.25) is 5.91 Å². The molecule has 1 fully saturated rings. The lowest BCUT2D eigenvalue weighted by atomic mass is 10.1. The molecule has 2 N–H and O–H groups in total. The van der Waals surface area contributed by atoms with Crippen molar-refractivity contribution in [2.75, 3.05) is 25.5 Å². The molecule has 0 radical (unpaired) electrons. The Bertz CT molecular complexity index is 838. The molecule has 2 heterocycles. The van der Waals surface area contributed by atoms with Crippen molar-refractivity contribution in [3.63, 3.8) is 0 Å². The predicted octanol–water partition coefficient (Wildman–Crippen LogP) is 1.44. The summed E-state index contributed by atoms with van der Waals surface area (Å²) < 4.78 is 13.7. The minimum absolute atomic E-state index is 0.191. The Morgan fingerprint density at radius 2 is 1.96 bits per heavy atom. The maximum absolute atomic E-state index is 13.7. The molecule has 3 rings (SSSR count). The van der Waals surface area contributed by atoms with E-state index in [9.17, 15) is 14.0 Å². The van der Waals surface area contributed by atoms with Crippen LogP contribution in [-0.2, 0) is 4.79 Å². The quantitative estimate of drug-likeness (QED) is 0.894. The minimum atomic E-state index is -0.551. The summed E-state index contributed by atoms with van der Waals surface area (Å²) in [6.07, 6.45) is 2.47. The molecule has 0 aliphatic carbocycles. The molecular formula is C18H20FN5O2. The monoisotopic (exact) mass is 357 g/mol. The lowest BCUT2D eigenvalue weighted by Crippen LogP contribution is -2.43. The molecule has 0 saturated carbocycles. The smallest absolute Gasteiger partial charge is 0.254 e. The van der Waals surface area contributed by atoms with Crippen molar-refractivity contribution < 1.29 is 14.0 Å². The molecule has 0 bridgehead atoms. The van der Waals surface area contributed by atoms with Gasteiger partial charge < -0.3 is 15.5 Å². The van der Waals surface area contributed by atoms with E-state index in [0.29, 0.717) is 29.9 Å². The van der Waals surface area contributed by atoms with E-state index in [-0.39, 0.29) is 11.7 Å². The topological polar surface area (TPSA) is 92.4 Å². The molecular weight excluding hydrogens is 337 g/mol. The summed E-state index contributed by atoms with van der Waals surface area (Å²) in [6, 6.07) is 6.15. The number of nitrogens with zero attached hydrogens (tertiary/aromatic N) is 4. The molecule has 1 aliphatic rings. The summed E-state index contributed by atoms with van der Waals surface area (Å²) in [7, 11) is 3.39. The maximum atomic E-state index is 13.7. The summed E-state index contributed by atoms with van der Waals surface area (Å²) in [6.45, 7) is 0.515. The van der Waals surface area contributed by atoms with Gasteiger partial charge in [0.15, 0.2) is 17.5 Å². The zero-order chi connectivity index (χ0) is 18.8. The highest BCUT2D eigenvalue weighted by Crippen LogP contribution is 2.23. The third kappa shape index (κ3) is 3.35. The van der Waals surface area contributed by atoms with Gasteiger partial charge in [-0.15, -0.1) is 0 Å². The fourth-order valence-electron chi connectivity index (χ4n) is 3.04. The van der Waals surface area contributed by atoms with Crippen molar-refractivity contribution in [2.24, 2.45) is 5.73 Å². The second-order valence-corrected chi connectivity index (χ2v) is 6.40. The molecule has 7 nitrogen and oxygen atoms in total. The van der Waals surface area contributed by atoms with Crippen LogP contribution in [0.25, 0.3) is 11.4 Å². The second kappa shape index (κ2) is 7.07. The summed E-state index contributed by atoms with van der Waals surface area (Å²) >= 11 is 0. The van der Waals surface area contributed by atoms with Crippen molar-refractivity contribution in [1.29, 1.82) is 0 Å². The number of anilines is 1. The van der Waals surface area contributed by atoms with Gasteiger partial charge in [-0.25, -0.2) is 14.4 Å². The fraction of sp³-hybridized carbons (Fsp3) is 0.333. The number of hydrogen-bond acceptors (Lipinski definition) is 5. The first-order valence-electron chi connectivity index (χ1n) is 8.29. The maximum Gasteiger partial charge on any atom is 0.254 e. The van der Waals surface area contributed by atoms with Crippen LogP contribution in [0.2, 0.25) is 0 Å². The average molecular weight is 357 g/mol. The average Bonchev–Trinajstić information content (AvgIpc) is 3.11. The number of nitrogens with two attached hydrogens (primary N) is 1. The van der Waals surface area contributed by atoms with Crippen LogP contribution in [0.15, 0.2) is 30.5 Å². The molecule has 1 aromatic heterocycles. The summed E-state index contributed by atoms with van der Waals surface area (Å²) in [5, 5.41) is 0. The zero-order valence-corrected chi connectivity index (χ0v) is 14.6. The van der Waals surface area contributed by atoms with Crippen molar-refractivity contribution in [3.05, 3.63) is 41.8 Å². The number of hydrogen-bond donors (Lipinski definition) is 1. The highest BCUT2D eigenvalue weighted by molar-refractivity contribution is 5.98. The largest absolute Gasteiger partial charge is 0.368 e. The lowest BCUT2D eigenvalue weighted by Gasteiger charge is -2.22. The number of likely N-dealkylation sites (tertiary alicyclic amines) is 1. The second-order valence-electron chi connectivity index (χ2n) is 6.40. The van der Waals surface area contributed by atoms with Crippen LogP contribution in [-0.4, -0.2) is 53.4 Å². The first-order chi connectivity index (χ1) is 12.4. The van der Waals surface area contributed by atoms with Gasteiger partial charge in [0.25, 0.3) is 5.91 Å². The number of halogens is 1. The Morgan fingerprint density at radius 3 is 2.58 bits per heavy atom. The number of carbonyl (C=O) groups is 2. The predicted molar refractivity (Wildman–Crippen MR) is 95.0 cm³/mol. The summed E-state index contributed by atoms with van der Waals surface area (Å²) in [4.78, 5) is 35.4.